The predicted octanol–water partition coefficient (Wildman–Crippen LogP) is 1.51. The first-order chi connectivity index (χ1) is 7.62. The topological polar surface area (TPSA) is 49.4 Å². The van der Waals surface area contributed by atoms with Crippen LogP contribution in [-0.2, 0) is 4.79 Å². The molecule has 1 N–H and O–H groups in total. The van der Waals surface area contributed by atoms with Crippen LogP contribution in [0.2, 0.25) is 0 Å². The lowest BCUT2D eigenvalue weighted by molar-refractivity contribution is -0.127. The van der Waals surface area contributed by atoms with E-state index in [9.17, 15) is 9.59 Å². The van der Waals surface area contributed by atoms with Crippen molar-refractivity contribution < 1.29 is 9.59 Å². The number of hydrogen-bond donors (Lipinski definition) is 1. The molecule has 0 spiro atoms. The Kier molecular flexibility index (Phi) is 3.94. The maximum atomic E-state index is 11.8. The highest BCUT2D eigenvalue weighted by Crippen LogP contribution is 2.29. The van der Waals surface area contributed by atoms with Crippen LogP contribution >= 0.6 is 0 Å². The van der Waals surface area contributed by atoms with Gasteiger partial charge >= 0.3 is 6.03 Å². The summed E-state index contributed by atoms with van der Waals surface area (Å²) in [5.41, 5.74) is -0.661. The van der Waals surface area contributed by atoms with E-state index in [1.165, 1.54) is 0 Å². The van der Waals surface area contributed by atoms with E-state index in [0.29, 0.717) is 25.8 Å². The summed E-state index contributed by atoms with van der Waals surface area (Å²) in [6.07, 6.45) is 7.81. The highest BCUT2D eigenvalue weighted by atomic mass is 16.2. The lowest BCUT2D eigenvalue weighted by Gasteiger charge is -2.33. The summed E-state index contributed by atoms with van der Waals surface area (Å²) in [6.45, 7) is 4.40. The SMILES string of the molecule is C#CCCCN1C(=O)NC(=O)C1(CC)CC. The standard InChI is InChI=1S/C12H18N2O2/c1-4-7-8-9-14-11(16)13-10(15)12(14,5-2)6-3/h1H,5-9H2,2-3H3,(H,13,15,16). The van der Waals surface area contributed by atoms with Crippen molar-refractivity contribution >= 4 is 11.9 Å². The molecule has 4 nitrogen and oxygen atoms in total. The fourth-order valence-electron chi connectivity index (χ4n) is 2.21. The second-order valence-electron chi connectivity index (χ2n) is 3.96. The minimum atomic E-state index is -0.661. The van der Waals surface area contributed by atoms with Crippen LogP contribution in [0.15, 0.2) is 0 Å². The molecule has 0 aromatic rings. The van der Waals surface area contributed by atoms with Crippen molar-refractivity contribution in [2.75, 3.05) is 6.54 Å². The summed E-state index contributed by atoms with van der Waals surface area (Å²) < 4.78 is 0. The Hall–Kier alpha value is -1.50. The van der Waals surface area contributed by atoms with Crippen molar-refractivity contribution in [3.05, 3.63) is 0 Å². The molecule has 1 fully saturated rings. The van der Waals surface area contributed by atoms with Crippen LogP contribution in [0, 0.1) is 12.3 Å². The van der Waals surface area contributed by atoms with Gasteiger partial charge in [0.05, 0.1) is 0 Å². The zero-order valence-corrected chi connectivity index (χ0v) is 9.88. The average Bonchev–Trinajstić information content (AvgIpc) is 2.51. The molecule has 0 bridgehead atoms. The van der Waals surface area contributed by atoms with Gasteiger partial charge in [-0.05, 0) is 19.3 Å². The molecule has 0 unspecified atom stereocenters. The van der Waals surface area contributed by atoms with Gasteiger partial charge in [-0.3, -0.25) is 10.1 Å². The number of rotatable bonds is 5. The number of carbonyl (C=O) groups excluding carboxylic acids is 2. The van der Waals surface area contributed by atoms with E-state index in [2.05, 4.69) is 11.2 Å². The molecule has 0 saturated carbocycles. The molecule has 0 aromatic carbocycles. The molecular weight excluding hydrogens is 204 g/mol. The molecule has 3 amide bonds. The highest BCUT2D eigenvalue weighted by Gasteiger charge is 2.49. The van der Waals surface area contributed by atoms with Crippen LogP contribution in [0.3, 0.4) is 0 Å². The summed E-state index contributed by atoms with van der Waals surface area (Å²) >= 11 is 0. The van der Waals surface area contributed by atoms with Crippen molar-refractivity contribution in [1.29, 1.82) is 0 Å². The van der Waals surface area contributed by atoms with Crippen molar-refractivity contribution in [3.8, 4) is 12.3 Å². The smallest absolute Gasteiger partial charge is 0.310 e. The molecule has 0 aliphatic carbocycles. The number of carbonyl (C=O) groups is 2. The van der Waals surface area contributed by atoms with Gasteiger partial charge in [0.1, 0.15) is 5.54 Å². The van der Waals surface area contributed by atoms with Gasteiger partial charge < -0.3 is 4.90 Å². The Morgan fingerprint density at radius 3 is 2.50 bits per heavy atom. The maximum absolute atomic E-state index is 11.8. The largest absolute Gasteiger partial charge is 0.325 e. The molecule has 1 rings (SSSR count). The second-order valence-corrected chi connectivity index (χ2v) is 3.96. The number of nitrogens with zero attached hydrogens (tertiary/aromatic N) is 1. The minimum Gasteiger partial charge on any atom is -0.310 e. The fraction of sp³-hybridized carbons (Fsp3) is 0.667. The van der Waals surface area contributed by atoms with E-state index in [1.807, 2.05) is 13.8 Å². The van der Waals surface area contributed by atoms with Gasteiger partial charge in [-0.15, -0.1) is 12.3 Å². The van der Waals surface area contributed by atoms with Gasteiger partial charge in [-0.2, -0.15) is 0 Å². The number of unbranched alkanes of at least 4 members (excludes halogenated alkanes) is 1. The molecular formula is C12H18N2O2. The summed E-state index contributed by atoms with van der Waals surface area (Å²) in [5, 5.41) is 2.38. The van der Waals surface area contributed by atoms with Crippen LogP contribution in [-0.4, -0.2) is 28.9 Å². The minimum absolute atomic E-state index is 0.178. The molecule has 1 heterocycles. The third-order valence-electron chi connectivity index (χ3n) is 3.28. The first kappa shape index (κ1) is 12.6. The van der Waals surface area contributed by atoms with E-state index < -0.39 is 5.54 Å². The Bertz CT molecular complexity index is 326. The monoisotopic (exact) mass is 222 g/mol. The highest BCUT2D eigenvalue weighted by molar-refractivity contribution is 6.06. The van der Waals surface area contributed by atoms with Crippen molar-refractivity contribution in [3.63, 3.8) is 0 Å². The molecule has 0 atom stereocenters. The van der Waals surface area contributed by atoms with Gasteiger partial charge in [0.2, 0.25) is 0 Å². The van der Waals surface area contributed by atoms with Crippen LogP contribution in [0.4, 0.5) is 4.79 Å². The van der Waals surface area contributed by atoms with Gasteiger partial charge in [0.15, 0.2) is 0 Å². The molecule has 88 valence electrons. The number of hydrogen-bond acceptors (Lipinski definition) is 2. The Balaban J connectivity index is 2.82. The first-order valence-corrected chi connectivity index (χ1v) is 5.69. The number of imide groups is 1. The van der Waals surface area contributed by atoms with E-state index >= 15 is 0 Å². The third kappa shape index (κ3) is 1.90. The summed E-state index contributed by atoms with van der Waals surface area (Å²) in [4.78, 5) is 25.1. The van der Waals surface area contributed by atoms with E-state index in [0.717, 1.165) is 6.42 Å². The van der Waals surface area contributed by atoms with Gasteiger partial charge in [-0.25, -0.2) is 4.79 Å². The fourth-order valence-corrected chi connectivity index (χ4v) is 2.21. The zero-order valence-electron chi connectivity index (χ0n) is 9.88. The normalized spacial score (nSPS) is 18.4. The molecule has 16 heavy (non-hydrogen) atoms. The number of nitrogens with one attached hydrogen (secondary N) is 1. The van der Waals surface area contributed by atoms with Crippen LogP contribution in [0.5, 0.6) is 0 Å². The van der Waals surface area contributed by atoms with Crippen LogP contribution in [0.1, 0.15) is 39.5 Å². The Morgan fingerprint density at radius 2 is 2.00 bits per heavy atom. The quantitative estimate of drug-likeness (QED) is 0.435. The van der Waals surface area contributed by atoms with Gasteiger partial charge in [-0.1, -0.05) is 13.8 Å². The molecule has 1 aliphatic heterocycles. The van der Waals surface area contributed by atoms with Gasteiger partial charge in [0, 0.05) is 13.0 Å². The Labute approximate surface area is 96.4 Å². The lowest BCUT2D eigenvalue weighted by Crippen LogP contribution is -2.49. The molecule has 4 heteroatoms. The number of amides is 3. The zero-order chi connectivity index (χ0) is 12.2. The van der Waals surface area contributed by atoms with Crippen molar-refractivity contribution in [2.24, 2.45) is 0 Å². The predicted molar refractivity (Wildman–Crippen MR) is 61.6 cm³/mol. The van der Waals surface area contributed by atoms with Crippen molar-refractivity contribution in [1.82, 2.24) is 10.2 Å². The average molecular weight is 222 g/mol. The molecule has 0 aromatic heterocycles. The third-order valence-corrected chi connectivity index (χ3v) is 3.28. The van der Waals surface area contributed by atoms with E-state index in [1.54, 1.807) is 4.90 Å². The number of terminal acetylenes is 1. The Morgan fingerprint density at radius 1 is 1.38 bits per heavy atom. The van der Waals surface area contributed by atoms with Crippen LogP contribution < -0.4 is 5.32 Å². The first-order valence-electron chi connectivity index (χ1n) is 5.69. The van der Waals surface area contributed by atoms with Crippen LogP contribution in [0.25, 0.3) is 0 Å². The maximum Gasteiger partial charge on any atom is 0.325 e. The summed E-state index contributed by atoms with van der Waals surface area (Å²) in [6, 6.07) is -0.286. The van der Waals surface area contributed by atoms with E-state index in [4.69, 9.17) is 6.42 Å². The summed E-state index contributed by atoms with van der Waals surface area (Å²) in [5.74, 6) is 2.36. The number of urea groups is 1. The summed E-state index contributed by atoms with van der Waals surface area (Å²) in [7, 11) is 0. The molecule has 1 saturated heterocycles. The lowest BCUT2D eigenvalue weighted by atomic mass is 9.91. The van der Waals surface area contributed by atoms with E-state index in [-0.39, 0.29) is 11.9 Å². The van der Waals surface area contributed by atoms with Gasteiger partial charge in [0.25, 0.3) is 5.91 Å². The second kappa shape index (κ2) is 5.02. The molecule has 1 aliphatic rings. The van der Waals surface area contributed by atoms with Crippen molar-refractivity contribution in [2.45, 2.75) is 45.1 Å². The molecule has 0 radical (unpaired) electrons.